The van der Waals surface area contributed by atoms with E-state index in [4.69, 9.17) is 4.52 Å². The van der Waals surface area contributed by atoms with E-state index in [1.807, 2.05) is 56.3 Å². The van der Waals surface area contributed by atoms with Gasteiger partial charge in [0.15, 0.2) is 5.69 Å². The van der Waals surface area contributed by atoms with Gasteiger partial charge in [-0.3, -0.25) is 4.79 Å². The monoisotopic (exact) mass is 455 g/mol. The van der Waals surface area contributed by atoms with E-state index in [1.165, 1.54) is 0 Å². The van der Waals surface area contributed by atoms with Gasteiger partial charge in [-0.05, 0) is 75.1 Å². The molecule has 172 valence electrons. The predicted octanol–water partition coefficient (Wildman–Crippen LogP) is 5.09. The van der Waals surface area contributed by atoms with Crippen LogP contribution in [0.1, 0.15) is 46.0 Å². The maximum Gasteiger partial charge on any atom is 0.278 e. The summed E-state index contributed by atoms with van der Waals surface area (Å²) < 4.78 is 5.35. The van der Waals surface area contributed by atoms with Crippen LogP contribution in [0.4, 0.5) is 28.8 Å². The van der Waals surface area contributed by atoms with Gasteiger partial charge >= 0.3 is 0 Å². The minimum absolute atomic E-state index is 0.250. The number of carbonyl (C=O) groups is 1. The highest BCUT2D eigenvalue weighted by atomic mass is 16.5. The molecule has 0 saturated carbocycles. The van der Waals surface area contributed by atoms with Crippen molar-refractivity contribution in [2.45, 2.75) is 39.5 Å². The second-order valence-corrected chi connectivity index (χ2v) is 8.33. The number of benzene rings is 1. The number of fused-ring (bicyclic) bond motifs is 1. The lowest BCUT2D eigenvalue weighted by atomic mass is 9.96. The molecule has 4 aromatic rings. The van der Waals surface area contributed by atoms with E-state index in [1.54, 1.807) is 6.20 Å². The molecule has 9 nitrogen and oxygen atoms in total. The first-order chi connectivity index (χ1) is 16.5. The topological polar surface area (TPSA) is 118 Å². The number of amides is 1. The molecule has 0 fully saturated rings. The Balaban J connectivity index is 1.26. The van der Waals surface area contributed by atoms with Crippen LogP contribution in [0.15, 0.2) is 53.2 Å². The summed E-state index contributed by atoms with van der Waals surface area (Å²) in [5.74, 6) is 3.22. The van der Waals surface area contributed by atoms with E-state index < -0.39 is 0 Å². The van der Waals surface area contributed by atoms with Gasteiger partial charge < -0.3 is 20.5 Å². The van der Waals surface area contributed by atoms with E-state index in [-0.39, 0.29) is 5.91 Å². The minimum Gasteiger partial charge on any atom is -0.360 e. The van der Waals surface area contributed by atoms with Crippen LogP contribution in [0.5, 0.6) is 0 Å². The zero-order valence-corrected chi connectivity index (χ0v) is 19.1. The number of nitrogens with zero attached hydrogens (tertiary/aromatic N) is 4. The molecule has 3 aromatic heterocycles. The van der Waals surface area contributed by atoms with E-state index in [0.29, 0.717) is 28.8 Å². The molecule has 3 N–H and O–H groups in total. The predicted molar refractivity (Wildman–Crippen MR) is 130 cm³/mol. The highest BCUT2D eigenvalue weighted by Crippen LogP contribution is 2.26. The highest BCUT2D eigenvalue weighted by Gasteiger charge is 2.24. The molecule has 1 aliphatic carbocycles. The maximum absolute atomic E-state index is 12.7. The number of hydrogen-bond acceptors (Lipinski definition) is 8. The Labute approximate surface area is 197 Å². The van der Waals surface area contributed by atoms with Crippen molar-refractivity contribution in [2.75, 3.05) is 16.0 Å². The van der Waals surface area contributed by atoms with Gasteiger partial charge in [-0.25, -0.2) is 15.0 Å². The number of pyridine rings is 1. The normalized spacial score (nSPS) is 12.6. The van der Waals surface area contributed by atoms with E-state index >= 15 is 0 Å². The van der Waals surface area contributed by atoms with Crippen LogP contribution in [-0.2, 0) is 12.8 Å². The van der Waals surface area contributed by atoms with Crippen LogP contribution in [0.3, 0.4) is 0 Å². The van der Waals surface area contributed by atoms with Crippen LogP contribution in [0.25, 0.3) is 0 Å². The average molecular weight is 456 g/mol. The Hall–Kier alpha value is -4.27. The number of nitrogens with one attached hydrogen (secondary N) is 3. The van der Waals surface area contributed by atoms with Gasteiger partial charge in [0.25, 0.3) is 5.91 Å². The summed E-state index contributed by atoms with van der Waals surface area (Å²) in [6.45, 7) is 3.85. The molecule has 0 bridgehead atoms. The van der Waals surface area contributed by atoms with Crippen molar-refractivity contribution in [2.24, 2.45) is 0 Å². The lowest BCUT2D eigenvalue weighted by Gasteiger charge is -2.11. The van der Waals surface area contributed by atoms with Gasteiger partial charge in [0, 0.05) is 35.6 Å². The SMILES string of the molecule is Cc1ccnc(Nc2cc(Nc3ccc(NC(=O)c4noc5c4CCCC5)cc3)nc(C)n2)c1. The van der Waals surface area contributed by atoms with Gasteiger partial charge in [-0.15, -0.1) is 0 Å². The summed E-state index contributed by atoms with van der Waals surface area (Å²) in [4.78, 5) is 25.9. The van der Waals surface area contributed by atoms with E-state index in [2.05, 4.69) is 36.1 Å². The number of rotatable bonds is 6. The number of aryl methyl sites for hydroxylation is 3. The molecule has 1 aliphatic rings. The standard InChI is InChI=1S/C25H25N7O2/c1-15-11-12-26-21(13-15)31-23-14-22(27-16(2)28-23)29-17-7-9-18(10-8-17)30-25(33)24-19-5-3-4-6-20(19)34-32-24/h7-14H,3-6H2,1-2H3,(H,30,33)(H2,26,27,28,29,31). The Kier molecular flexibility index (Phi) is 5.90. The quantitative estimate of drug-likeness (QED) is 0.368. The summed E-state index contributed by atoms with van der Waals surface area (Å²) in [7, 11) is 0. The van der Waals surface area contributed by atoms with Gasteiger partial charge in [0.05, 0.1) is 0 Å². The van der Waals surface area contributed by atoms with Crippen molar-refractivity contribution in [1.82, 2.24) is 20.1 Å². The van der Waals surface area contributed by atoms with Gasteiger partial charge in [-0.1, -0.05) is 5.16 Å². The Morgan fingerprint density at radius 3 is 2.41 bits per heavy atom. The van der Waals surface area contributed by atoms with Crippen molar-refractivity contribution in [1.29, 1.82) is 0 Å². The average Bonchev–Trinajstić information content (AvgIpc) is 3.24. The van der Waals surface area contributed by atoms with Crippen molar-refractivity contribution in [3.8, 4) is 0 Å². The molecule has 9 heteroatoms. The Morgan fingerprint density at radius 1 is 0.882 bits per heavy atom. The van der Waals surface area contributed by atoms with Gasteiger partial charge in [-0.2, -0.15) is 0 Å². The molecular weight excluding hydrogens is 430 g/mol. The molecule has 5 rings (SSSR count). The second kappa shape index (κ2) is 9.30. The molecule has 0 unspecified atom stereocenters. The third-order valence-corrected chi connectivity index (χ3v) is 5.59. The molecule has 0 aliphatic heterocycles. The lowest BCUT2D eigenvalue weighted by molar-refractivity contribution is 0.101. The smallest absolute Gasteiger partial charge is 0.278 e. The molecule has 0 spiro atoms. The Morgan fingerprint density at radius 2 is 1.62 bits per heavy atom. The molecule has 34 heavy (non-hydrogen) atoms. The Bertz CT molecular complexity index is 1330. The zero-order chi connectivity index (χ0) is 23.5. The van der Waals surface area contributed by atoms with Crippen LogP contribution in [0, 0.1) is 13.8 Å². The van der Waals surface area contributed by atoms with Crippen molar-refractivity contribution >= 4 is 34.7 Å². The zero-order valence-electron chi connectivity index (χ0n) is 19.1. The molecule has 3 heterocycles. The fourth-order valence-electron chi connectivity index (χ4n) is 3.97. The first-order valence-corrected chi connectivity index (χ1v) is 11.2. The van der Waals surface area contributed by atoms with Crippen LogP contribution in [0.2, 0.25) is 0 Å². The van der Waals surface area contributed by atoms with Gasteiger partial charge in [0.2, 0.25) is 0 Å². The molecular formula is C25H25N7O2. The third kappa shape index (κ3) is 4.88. The van der Waals surface area contributed by atoms with E-state index in [9.17, 15) is 4.79 Å². The number of aromatic nitrogens is 4. The van der Waals surface area contributed by atoms with Crippen LogP contribution >= 0.6 is 0 Å². The first kappa shape index (κ1) is 21.6. The first-order valence-electron chi connectivity index (χ1n) is 11.2. The minimum atomic E-state index is -0.250. The maximum atomic E-state index is 12.7. The van der Waals surface area contributed by atoms with Crippen LogP contribution < -0.4 is 16.0 Å². The number of carbonyl (C=O) groups excluding carboxylic acids is 1. The highest BCUT2D eigenvalue weighted by molar-refractivity contribution is 6.04. The summed E-state index contributed by atoms with van der Waals surface area (Å²) in [6.07, 6.45) is 5.55. The fraction of sp³-hybridized carbons (Fsp3) is 0.240. The van der Waals surface area contributed by atoms with E-state index in [0.717, 1.165) is 54.1 Å². The lowest BCUT2D eigenvalue weighted by Crippen LogP contribution is -2.15. The summed E-state index contributed by atoms with van der Waals surface area (Å²) in [5, 5.41) is 13.4. The summed E-state index contributed by atoms with van der Waals surface area (Å²) in [6, 6.07) is 13.1. The molecule has 1 amide bonds. The number of hydrogen-bond donors (Lipinski definition) is 3. The molecule has 0 saturated heterocycles. The summed E-state index contributed by atoms with van der Waals surface area (Å²) in [5.41, 5.74) is 3.93. The second-order valence-electron chi connectivity index (χ2n) is 8.33. The van der Waals surface area contributed by atoms with Crippen molar-refractivity contribution in [3.63, 3.8) is 0 Å². The molecule has 1 aromatic carbocycles. The summed E-state index contributed by atoms with van der Waals surface area (Å²) >= 11 is 0. The van der Waals surface area contributed by atoms with Crippen LogP contribution in [-0.4, -0.2) is 26.0 Å². The molecule has 0 atom stereocenters. The van der Waals surface area contributed by atoms with Gasteiger partial charge in [0.1, 0.15) is 29.0 Å². The third-order valence-electron chi connectivity index (χ3n) is 5.59. The van der Waals surface area contributed by atoms with Crippen molar-refractivity contribution < 1.29 is 9.32 Å². The largest absolute Gasteiger partial charge is 0.360 e. The number of anilines is 5. The fourth-order valence-corrected chi connectivity index (χ4v) is 3.97. The van der Waals surface area contributed by atoms with Crippen molar-refractivity contribution in [3.05, 3.63) is 77.1 Å². The molecule has 0 radical (unpaired) electrons.